The van der Waals surface area contributed by atoms with E-state index in [9.17, 15) is 9.18 Å². The molecule has 1 aromatic carbocycles. The number of nitriles is 1. The van der Waals surface area contributed by atoms with Crippen molar-refractivity contribution in [2.75, 3.05) is 18.4 Å². The highest BCUT2D eigenvalue weighted by molar-refractivity contribution is 5.93. The number of nitrogens with zero attached hydrogens (tertiary/aromatic N) is 1. The van der Waals surface area contributed by atoms with Crippen LogP contribution in [0.15, 0.2) is 18.2 Å². The number of nitrogens with one attached hydrogen (secondary N) is 2. The van der Waals surface area contributed by atoms with Crippen LogP contribution in [0, 0.1) is 29.0 Å². The molecule has 18 heavy (non-hydrogen) atoms. The highest BCUT2D eigenvalue weighted by Crippen LogP contribution is 2.19. The van der Waals surface area contributed by atoms with Crippen LogP contribution in [0.3, 0.4) is 0 Å². The Morgan fingerprint density at radius 2 is 2.33 bits per heavy atom. The summed E-state index contributed by atoms with van der Waals surface area (Å²) in [5.41, 5.74) is 0.391. The number of carbonyl (C=O) groups is 1. The molecule has 0 bridgehead atoms. The van der Waals surface area contributed by atoms with Crippen LogP contribution in [-0.2, 0) is 4.79 Å². The molecule has 1 aliphatic rings. The van der Waals surface area contributed by atoms with Crippen LogP contribution in [0.4, 0.5) is 10.1 Å². The molecule has 0 saturated carbocycles. The molecule has 0 aliphatic carbocycles. The van der Waals surface area contributed by atoms with Crippen molar-refractivity contribution in [2.45, 2.75) is 6.92 Å². The second-order valence-corrected chi connectivity index (χ2v) is 4.54. The lowest BCUT2D eigenvalue weighted by molar-refractivity contribution is -0.120. The second-order valence-electron chi connectivity index (χ2n) is 4.54. The van der Waals surface area contributed by atoms with Gasteiger partial charge >= 0.3 is 0 Å². The normalized spacial score (nSPS) is 22.5. The molecule has 1 heterocycles. The third kappa shape index (κ3) is 2.49. The standard InChI is InChI=1S/C13H14FN3O/c1-8-6-16-7-11(8)13(18)17-10-2-3-12(14)9(4-10)5-15/h2-4,8,11,16H,6-7H2,1H3,(H,17,18)/t8-,11-/m1/s1. The quantitative estimate of drug-likeness (QED) is 0.832. The Hall–Kier alpha value is -1.93. The van der Waals surface area contributed by atoms with Gasteiger partial charge in [-0.1, -0.05) is 6.92 Å². The molecule has 94 valence electrons. The van der Waals surface area contributed by atoms with Crippen molar-refractivity contribution in [3.05, 3.63) is 29.6 Å². The lowest BCUT2D eigenvalue weighted by atomic mass is 9.97. The average molecular weight is 247 g/mol. The van der Waals surface area contributed by atoms with Gasteiger partial charge in [-0.2, -0.15) is 5.26 Å². The van der Waals surface area contributed by atoms with Gasteiger partial charge in [-0.05, 0) is 30.7 Å². The largest absolute Gasteiger partial charge is 0.326 e. The Labute approximate surface area is 105 Å². The van der Waals surface area contributed by atoms with Gasteiger partial charge in [0.1, 0.15) is 11.9 Å². The van der Waals surface area contributed by atoms with Crippen molar-refractivity contribution < 1.29 is 9.18 Å². The molecule has 2 atom stereocenters. The minimum atomic E-state index is -0.577. The number of halogens is 1. The summed E-state index contributed by atoms with van der Waals surface area (Å²) < 4.78 is 13.1. The number of rotatable bonds is 2. The Kier molecular flexibility index (Phi) is 3.58. The number of amides is 1. The summed E-state index contributed by atoms with van der Waals surface area (Å²) in [6, 6.07) is 5.74. The number of anilines is 1. The molecule has 5 heteroatoms. The highest BCUT2D eigenvalue weighted by atomic mass is 19.1. The molecule has 0 radical (unpaired) electrons. The summed E-state index contributed by atoms with van der Waals surface area (Å²) in [5, 5.41) is 14.6. The van der Waals surface area contributed by atoms with Crippen molar-refractivity contribution in [2.24, 2.45) is 11.8 Å². The topological polar surface area (TPSA) is 64.9 Å². The van der Waals surface area contributed by atoms with Crippen LogP contribution >= 0.6 is 0 Å². The van der Waals surface area contributed by atoms with E-state index in [-0.39, 0.29) is 23.3 Å². The first-order valence-electron chi connectivity index (χ1n) is 5.83. The molecule has 1 aromatic rings. The molecule has 1 fully saturated rings. The fourth-order valence-electron chi connectivity index (χ4n) is 2.08. The number of benzene rings is 1. The lowest BCUT2D eigenvalue weighted by Gasteiger charge is -2.14. The minimum Gasteiger partial charge on any atom is -0.326 e. The maximum atomic E-state index is 13.1. The molecule has 4 nitrogen and oxygen atoms in total. The number of hydrogen-bond acceptors (Lipinski definition) is 3. The van der Waals surface area contributed by atoms with Crippen LogP contribution < -0.4 is 10.6 Å². The molecule has 0 unspecified atom stereocenters. The minimum absolute atomic E-state index is 0.0644. The van der Waals surface area contributed by atoms with Gasteiger partial charge in [0.05, 0.1) is 11.5 Å². The first kappa shape index (κ1) is 12.5. The van der Waals surface area contributed by atoms with E-state index >= 15 is 0 Å². The van der Waals surface area contributed by atoms with Crippen molar-refractivity contribution in [3.63, 3.8) is 0 Å². The molecular formula is C13H14FN3O. The van der Waals surface area contributed by atoms with Crippen LogP contribution in [0.5, 0.6) is 0 Å². The molecule has 1 aliphatic heterocycles. The van der Waals surface area contributed by atoms with Gasteiger partial charge < -0.3 is 10.6 Å². The van der Waals surface area contributed by atoms with Gasteiger partial charge in [0.25, 0.3) is 0 Å². The van der Waals surface area contributed by atoms with E-state index in [0.717, 1.165) is 6.54 Å². The molecule has 0 spiro atoms. The van der Waals surface area contributed by atoms with Crippen LogP contribution in [0.25, 0.3) is 0 Å². The molecule has 1 amide bonds. The van der Waals surface area contributed by atoms with Gasteiger partial charge in [-0.15, -0.1) is 0 Å². The Bertz CT molecular complexity index is 509. The van der Waals surface area contributed by atoms with E-state index in [0.29, 0.717) is 12.2 Å². The van der Waals surface area contributed by atoms with Gasteiger partial charge in [0.15, 0.2) is 0 Å². The Morgan fingerprint density at radius 1 is 1.56 bits per heavy atom. The van der Waals surface area contributed by atoms with E-state index in [2.05, 4.69) is 10.6 Å². The SMILES string of the molecule is C[C@@H]1CNC[C@H]1C(=O)Nc1ccc(F)c(C#N)c1. The molecular weight excluding hydrogens is 233 g/mol. The van der Waals surface area contributed by atoms with Crippen LogP contribution in [0.1, 0.15) is 12.5 Å². The Balaban J connectivity index is 2.10. The van der Waals surface area contributed by atoms with Crippen molar-refractivity contribution in [1.29, 1.82) is 5.26 Å². The molecule has 1 saturated heterocycles. The van der Waals surface area contributed by atoms with E-state index in [1.165, 1.54) is 18.2 Å². The molecule has 2 N–H and O–H groups in total. The van der Waals surface area contributed by atoms with Gasteiger partial charge in [-0.3, -0.25) is 4.79 Å². The highest BCUT2D eigenvalue weighted by Gasteiger charge is 2.29. The third-order valence-corrected chi connectivity index (χ3v) is 3.21. The monoisotopic (exact) mass is 247 g/mol. The Morgan fingerprint density at radius 3 is 2.94 bits per heavy atom. The zero-order valence-electron chi connectivity index (χ0n) is 10.0. The van der Waals surface area contributed by atoms with Gasteiger partial charge in [0.2, 0.25) is 5.91 Å². The summed E-state index contributed by atoms with van der Waals surface area (Å²) in [7, 11) is 0. The number of hydrogen-bond donors (Lipinski definition) is 2. The third-order valence-electron chi connectivity index (χ3n) is 3.21. The maximum absolute atomic E-state index is 13.1. The smallest absolute Gasteiger partial charge is 0.229 e. The summed E-state index contributed by atoms with van der Waals surface area (Å²) in [5.74, 6) is -0.476. The molecule has 0 aromatic heterocycles. The van der Waals surface area contributed by atoms with E-state index in [4.69, 9.17) is 5.26 Å². The fraction of sp³-hybridized carbons (Fsp3) is 0.385. The van der Waals surface area contributed by atoms with Crippen molar-refractivity contribution in [3.8, 4) is 6.07 Å². The molecule has 2 rings (SSSR count). The first-order chi connectivity index (χ1) is 8.61. The predicted octanol–water partition coefficient (Wildman–Crippen LogP) is 1.49. The predicted molar refractivity (Wildman–Crippen MR) is 65.3 cm³/mol. The van der Waals surface area contributed by atoms with E-state index in [1.54, 1.807) is 6.07 Å². The fourth-order valence-corrected chi connectivity index (χ4v) is 2.08. The number of carbonyl (C=O) groups excluding carboxylic acids is 1. The second kappa shape index (κ2) is 5.15. The van der Waals surface area contributed by atoms with Crippen LogP contribution in [-0.4, -0.2) is 19.0 Å². The zero-order valence-corrected chi connectivity index (χ0v) is 10.0. The zero-order chi connectivity index (χ0) is 13.1. The lowest BCUT2D eigenvalue weighted by Crippen LogP contribution is -2.27. The summed E-state index contributed by atoms with van der Waals surface area (Å²) in [6.45, 7) is 3.49. The summed E-state index contributed by atoms with van der Waals surface area (Å²) in [6.07, 6.45) is 0. The average Bonchev–Trinajstić information content (AvgIpc) is 2.78. The van der Waals surface area contributed by atoms with Crippen molar-refractivity contribution >= 4 is 11.6 Å². The van der Waals surface area contributed by atoms with E-state index < -0.39 is 5.82 Å². The van der Waals surface area contributed by atoms with Gasteiger partial charge in [-0.25, -0.2) is 4.39 Å². The van der Waals surface area contributed by atoms with Gasteiger partial charge in [0, 0.05) is 12.2 Å². The summed E-state index contributed by atoms with van der Waals surface area (Å²) in [4.78, 5) is 12.0. The van der Waals surface area contributed by atoms with E-state index in [1.807, 2.05) is 6.92 Å². The van der Waals surface area contributed by atoms with Crippen molar-refractivity contribution in [1.82, 2.24) is 5.32 Å². The van der Waals surface area contributed by atoms with Crippen LogP contribution in [0.2, 0.25) is 0 Å². The summed E-state index contributed by atoms with van der Waals surface area (Å²) >= 11 is 0. The maximum Gasteiger partial charge on any atom is 0.229 e. The first-order valence-corrected chi connectivity index (χ1v) is 5.83.